The SMILES string of the molecule is CCOCCn1c(NC2CCN(CCC3(c4ccccc4)CCN(C(=O)c4cc(-n5cnnn5)ccc4OC)C3)CC2)nc2ccccc21.Cl. The van der Waals surface area contributed by atoms with E-state index in [1.165, 1.54) is 11.9 Å². The molecule has 50 heavy (non-hydrogen) atoms. The first-order valence-electron chi connectivity index (χ1n) is 17.3. The minimum absolute atomic E-state index is 0. The van der Waals surface area contributed by atoms with Crippen molar-refractivity contribution in [3.8, 4) is 11.4 Å². The molecular formula is C37H46ClN9O3. The van der Waals surface area contributed by atoms with Crippen LogP contribution in [0.25, 0.3) is 16.7 Å². The number of hydrogen-bond acceptors (Lipinski definition) is 9. The fraction of sp³-hybridized carbons (Fsp3) is 0.432. The number of carbonyl (C=O) groups excluding carboxylic acids is 1. The Balaban J connectivity index is 0.00000432. The van der Waals surface area contributed by atoms with E-state index in [0.717, 1.165) is 68.8 Å². The molecule has 2 aliphatic rings. The fourth-order valence-electron chi connectivity index (χ4n) is 7.44. The van der Waals surface area contributed by atoms with Gasteiger partial charge >= 0.3 is 0 Å². The van der Waals surface area contributed by atoms with Crippen molar-refractivity contribution in [2.75, 3.05) is 58.4 Å². The van der Waals surface area contributed by atoms with Gasteiger partial charge in [0, 0.05) is 50.8 Å². The van der Waals surface area contributed by atoms with Crippen molar-refractivity contribution in [2.45, 2.75) is 50.6 Å². The number of halogens is 1. The summed E-state index contributed by atoms with van der Waals surface area (Å²) in [5.74, 6) is 1.43. The lowest BCUT2D eigenvalue weighted by Gasteiger charge is -2.36. The van der Waals surface area contributed by atoms with E-state index in [9.17, 15) is 4.79 Å². The van der Waals surface area contributed by atoms with E-state index in [-0.39, 0.29) is 23.7 Å². The van der Waals surface area contributed by atoms with Crippen molar-refractivity contribution in [1.82, 2.24) is 39.6 Å². The number of carbonyl (C=O) groups is 1. The van der Waals surface area contributed by atoms with E-state index in [0.29, 0.717) is 49.3 Å². The summed E-state index contributed by atoms with van der Waals surface area (Å²) >= 11 is 0. The lowest BCUT2D eigenvalue weighted by atomic mass is 9.76. The van der Waals surface area contributed by atoms with Gasteiger partial charge in [0.1, 0.15) is 12.1 Å². The van der Waals surface area contributed by atoms with Crippen LogP contribution < -0.4 is 10.1 Å². The first-order chi connectivity index (χ1) is 24.1. The highest BCUT2D eigenvalue weighted by molar-refractivity contribution is 5.98. The Kier molecular flexibility index (Phi) is 11.3. The second-order valence-corrected chi connectivity index (χ2v) is 13.0. The van der Waals surface area contributed by atoms with Crippen LogP contribution in [0, 0.1) is 0 Å². The van der Waals surface area contributed by atoms with E-state index < -0.39 is 0 Å². The molecule has 3 aromatic carbocycles. The van der Waals surface area contributed by atoms with Gasteiger partial charge in [-0.2, -0.15) is 0 Å². The van der Waals surface area contributed by atoms with Crippen LogP contribution in [0.4, 0.5) is 5.95 Å². The number of hydrogen-bond donors (Lipinski definition) is 1. The van der Waals surface area contributed by atoms with E-state index in [1.54, 1.807) is 17.9 Å². The fourth-order valence-corrected chi connectivity index (χ4v) is 7.44. The predicted molar refractivity (Wildman–Crippen MR) is 196 cm³/mol. The van der Waals surface area contributed by atoms with Crippen molar-refractivity contribution < 1.29 is 14.3 Å². The smallest absolute Gasteiger partial charge is 0.257 e. The molecule has 0 radical (unpaired) electrons. The summed E-state index contributed by atoms with van der Waals surface area (Å²) in [6.07, 6.45) is 5.51. The highest BCUT2D eigenvalue weighted by atomic mass is 35.5. The van der Waals surface area contributed by atoms with Crippen LogP contribution in [0.5, 0.6) is 5.75 Å². The molecule has 0 spiro atoms. The Hall–Kier alpha value is -4.52. The molecule has 1 N–H and O–H groups in total. The zero-order valence-corrected chi connectivity index (χ0v) is 29.6. The maximum Gasteiger partial charge on any atom is 0.257 e. The number of amides is 1. The van der Waals surface area contributed by atoms with Crippen molar-refractivity contribution in [3.05, 3.63) is 90.3 Å². The molecule has 1 unspecified atom stereocenters. The molecule has 2 saturated heterocycles. The average Bonchev–Trinajstić information content (AvgIpc) is 3.92. The number of nitrogens with one attached hydrogen (secondary N) is 1. The highest BCUT2D eigenvalue weighted by Gasteiger charge is 2.42. The van der Waals surface area contributed by atoms with Crippen LogP contribution in [-0.2, 0) is 16.7 Å². The third kappa shape index (κ3) is 7.47. The van der Waals surface area contributed by atoms with Crippen molar-refractivity contribution in [3.63, 3.8) is 0 Å². The zero-order chi connectivity index (χ0) is 33.6. The van der Waals surface area contributed by atoms with Crippen LogP contribution >= 0.6 is 12.4 Å². The molecule has 2 fully saturated rings. The molecule has 7 rings (SSSR count). The van der Waals surface area contributed by atoms with Crippen LogP contribution in [0.1, 0.15) is 48.5 Å². The molecular weight excluding hydrogens is 654 g/mol. The van der Waals surface area contributed by atoms with Gasteiger partial charge < -0.3 is 29.2 Å². The summed E-state index contributed by atoms with van der Waals surface area (Å²) in [7, 11) is 1.60. The van der Waals surface area contributed by atoms with E-state index in [2.05, 4.69) is 78.8 Å². The summed E-state index contributed by atoms with van der Waals surface area (Å²) in [4.78, 5) is 23.6. The lowest BCUT2D eigenvalue weighted by molar-refractivity contribution is 0.0776. The predicted octanol–water partition coefficient (Wildman–Crippen LogP) is 5.23. The summed E-state index contributed by atoms with van der Waals surface area (Å²) in [6, 6.07) is 24.9. The Bertz CT molecular complexity index is 1840. The number of anilines is 1. The van der Waals surface area contributed by atoms with Gasteiger partial charge in [-0.1, -0.05) is 42.5 Å². The number of methoxy groups -OCH3 is 1. The molecule has 13 heteroatoms. The van der Waals surface area contributed by atoms with Crippen LogP contribution in [-0.4, -0.2) is 105 Å². The first kappa shape index (κ1) is 35.3. The van der Waals surface area contributed by atoms with Crippen LogP contribution in [0.2, 0.25) is 0 Å². The average molecular weight is 700 g/mol. The molecule has 4 heterocycles. The Labute approximate surface area is 299 Å². The third-order valence-corrected chi connectivity index (χ3v) is 10.2. The quantitative estimate of drug-likeness (QED) is 0.165. The number of para-hydroxylation sites is 2. The largest absolute Gasteiger partial charge is 0.496 e. The van der Waals surface area contributed by atoms with Gasteiger partial charge in [0.25, 0.3) is 5.91 Å². The summed E-state index contributed by atoms with van der Waals surface area (Å²) in [5, 5.41) is 15.3. The normalized spacial score (nSPS) is 18.3. The molecule has 12 nitrogen and oxygen atoms in total. The van der Waals surface area contributed by atoms with E-state index in [1.807, 2.05) is 30.0 Å². The van der Waals surface area contributed by atoms with Gasteiger partial charge in [-0.15, -0.1) is 17.5 Å². The number of likely N-dealkylation sites (tertiary alicyclic amines) is 2. The van der Waals surface area contributed by atoms with Crippen molar-refractivity contribution >= 4 is 35.3 Å². The molecule has 1 atom stereocenters. The second-order valence-electron chi connectivity index (χ2n) is 13.0. The Morgan fingerprint density at radius 2 is 1.80 bits per heavy atom. The van der Waals surface area contributed by atoms with Crippen LogP contribution in [0.3, 0.4) is 0 Å². The van der Waals surface area contributed by atoms with Gasteiger partial charge in [-0.05, 0) is 85.5 Å². The molecule has 1 amide bonds. The number of rotatable bonds is 13. The molecule has 0 aliphatic carbocycles. The summed E-state index contributed by atoms with van der Waals surface area (Å²) < 4.78 is 15.1. The van der Waals surface area contributed by atoms with E-state index in [4.69, 9.17) is 14.5 Å². The van der Waals surface area contributed by atoms with Crippen LogP contribution in [0.15, 0.2) is 79.1 Å². The minimum atomic E-state index is -0.127. The number of fused-ring (bicyclic) bond motifs is 1. The number of nitrogens with zero attached hydrogens (tertiary/aromatic N) is 8. The van der Waals surface area contributed by atoms with Gasteiger partial charge in [0.05, 0.1) is 36.0 Å². The maximum atomic E-state index is 14.1. The summed E-state index contributed by atoms with van der Waals surface area (Å²) in [5.41, 5.74) is 4.54. The molecule has 0 bridgehead atoms. The van der Waals surface area contributed by atoms with E-state index >= 15 is 0 Å². The number of ether oxygens (including phenoxy) is 2. The monoisotopic (exact) mass is 699 g/mol. The molecule has 2 aliphatic heterocycles. The molecule has 2 aromatic heterocycles. The number of aromatic nitrogens is 6. The third-order valence-electron chi connectivity index (χ3n) is 10.2. The van der Waals surface area contributed by atoms with Crippen molar-refractivity contribution in [2.24, 2.45) is 0 Å². The van der Waals surface area contributed by atoms with Gasteiger partial charge in [0.2, 0.25) is 5.95 Å². The highest BCUT2D eigenvalue weighted by Crippen LogP contribution is 2.39. The van der Waals surface area contributed by atoms with Gasteiger partial charge in [0.15, 0.2) is 0 Å². The maximum absolute atomic E-state index is 14.1. The lowest BCUT2D eigenvalue weighted by Crippen LogP contribution is -2.42. The molecule has 0 saturated carbocycles. The number of piperidine rings is 1. The summed E-state index contributed by atoms with van der Waals surface area (Å²) in [6.45, 7) is 8.53. The first-order valence-corrected chi connectivity index (χ1v) is 17.3. The molecule has 5 aromatic rings. The number of benzene rings is 3. The topological polar surface area (TPSA) is 115 Å². The second kappa shape index (κ2) is 16.0. The van der Waals surface area contributed by atoms with Crippen molar-refractivity contribution in [1.29, 1.82) is 0 Å². The number of imidazole rings is 1. The Morgan fingerprint density at radius 1 is 1.00 bits per heavy atom. The zero-order valence-electron chi connectivity index (χ0n) is 28.8. The van der Waals surface area contributed by atoms with Gasteiger partial charge in [-0.25, -0.2) is 9.67 Å². The minimum Gasteiger partial charge on any atom is -0.496 e. The standard InChI is InChI=1S/C37H45N9O3.ClH/c1-3-49-24-23-45-33-12-8-7-11-32(33)40-36(45)39-29-15-19-43(20-16-29)21-17-37(28-9-5-4-6-10-28)18-22-44(26-37)35(47)31-25-30(13-14-34(31)48-2)46-27-38-41-42-46;/h4-14,25,27,29H,3,15-24,26H2,1-2H3,(H,39,40);1H. The van der Waals surface area contributed by atoms with Gasteiger partial charge in [-0.3, -0.25) is 4.79 Å². The molecule has 264 valence electrons. The number of tetrazole rings is 1. The Morgan fingerprint density at radius 3 is 2.56 bits per heavy atom.